The zero-order valence-corrected chi connectivity index (χ0v) is 10.3. The van der Waals surface area contributed by atoms with Gasteiger partial charge in [0.15, 0.2) is 0 Å². The minimum atomic E-state index is 0.333. The standard InChI is InChI=1S/C11H20N2S/c1-5-10(11(2,3)4)13-7-9-6-12-8-14-9/h6,8,10,13H,5,7H2,1-4H3. The second kappa shape index (κ2) is 4.89. The van der Waals surface area contributed by atoms with E-state index in [0.29, 0.717) is 11.5 Å². The van der Waals surface area contributed by atoms with Crippen LogP contribution in [-0.4, -0.2) is 11.0 Å². The monoisotopic (exact) mass is 212 g/mol. The highest BCUT2D eigenvalue weighted by Gasteiger charge is 2.21. The second-order valence-electron chi connectivity index (χ2n) is 4.68. The van der Waals surface area contributed by atoms with Crippen LogP contribution in [0.25, 0.3) is 0 Å². The third-order valence-electron chi connectivity index (χ3n) is 2.46. The molecule has 1 heterocycles. The minimum Gasteiger partial charge on any atom is -0.309 e. The van der Waals surface area contributed by atoms with Gasteiger partial charge in [0.1, 0.15) is 0 Å². The fourth-order valence-electron chi connectivity index (χ4n) is 1.62. The van der Waals surface area contributed by atoms with E-state index in [9.17, 15) is 0 Å². The lowest BCUT2D eigenvalue weighted by atomic mass is 9.85. The molecule has 14 heavy (non-hydrogen) atoms. The summed E-state index contributed by atoms with van der Waals surface area (Å²) in [7, 11) is 0. The summed E-state index contributed by atoms with van der Waals surface area (Å²) in [5, 5.41) is 3.58. The van der Waals surface area contributed by atoms with Crippen molar-refractivity contribution in [2.75, 3.05) is 0 Å². The average molecular weight is 212 g/mol. The van der Waals surface area contributed by atoms with E-state index in [1.807, 2.05) is 11.7 Å². The van der Waals surface area contributed by atoms with Gasteiger partial charge in [-0.2, -0.15) is 0 Å². The number of thiazole rings is 1. The Morgan fingerprint density at radius 3 is 2.64 bits per heavy atom. The molecule has 0 aromatic carbocycles. The third kappa shape index (κ3) is 3.39. The molecule has 80 valence electrons. The molecule has 0 aliphatic rings. The number of hydrogen-bond acceptors (Lipinski definition) is 3. The Bertz CT molecular complexity index is 249. The van der Waals surface area contributed by atoms with Gasteiger partial charge in [-0.15, -0.1) is 11.3 Å². The van der Waals surface area contributed by atoms with Crippen molar-refractivity contribution in [3.8, 4) is 0 Å². The van der Waals surface area contributed by atoms with Crippen LogP contribution in [0.1, 0.15) is 39.0 Å². The van der Waals surface area contributed by atoms with E-state index in [1.165, 1.54) is 11.3 Å². The number of hydrogen-bond donors (Lipinski definition) is 1. The van der Waals surface area contributed by atoms with Gasteiger partial charge in [0.2, 0.25) is 0 Å². The maximum atomic E-state index is 4.07. The van der Waals surface area contributed by atoms with E-state index in [4.69, 9.17) is 0 Å². The largest absolute Gasteiger partial charge is 0.309 e. The van der Waals surface area contributed by atoms with Gasteiger partial charge in [0, 0.05) is 23.7 Å². The summed E-state index contributed by atoms with van der Waals surface area (Å²) in [5.74, 6) is 0. The first-order valence-electron chi connectivity index (χ1n) is 5.14. The predicted molar refractivity (Wildman–Crippen MR) is 62.5 cm³/mol. The van der Waals surface area contributed by atoms with Crippen molar-refractivity contribution in [2.45, 2.75) is 46.7 Å². The summed E-state index contributed by atoms with van der Waals surface area (Å²) < 4.78 is 0. The van der Waals surface area contributed by atoms with Crippen LogP contribution in [0.3, 0.4) is 0 Å². The Kier molecular flexibility index (Phi) is 4.08. The van der Waals surface area contributed by atoms with Gasteiger partial charge in [0.25, 0.3) is 0 Å². The Labute approximate surface area is 90.8 Å². The Hall–Kier alpha value is -0.410. The van der Waals surface area contributed by atoms with Crippen LogP contribution in [0, 0.1) is 5.41 Å². The van der Waals surface area contributed by atoms with Crippen molar-refractivity contribution in [3.05, 3.63) is 16.6 Å². The van der Waals surface area contributed by atoms with Crippen LogP contribution in [0.4, 0.5) is 0 Å². The third-order valence-corrected chi connectivity index (χ3v) is 3.24. The SMILES string of the molecule is CCC(NCc1cncs1)C(C)(C)C. The summed E-state index contributed by atoms with van der Waals surface area (Å²) in [4.78, 5) is 5.38. The van der Waals surface area contributed by atoms with E-state index in [2.05, 4.69) is 38.0 Å². The smallest absolute Gasteiger partial charge is 0.0794 e. The first-order valence-corrected chi connectivity index (χ1v) is 6.02. The van der Waals surface area contributed by atoms with Crippen LogP contribution in [0.15, 0.2) is 11.7 Å². The van der Waals surface area contributed by atoms with Gasteiger partial charge in [0.05, 0.1) is 5.51 Å². The lowest BCUT2D eigenvalue weighted by Crippen LogP contribution is -2.39. The van der Waals surface area contributed by atoms with Gasteiger partial charge >= 0.3 is 0 Å². The Balaban J connectivity index is 2.43. The van der Waals surface area contributed by atoms with E-state index in [1.54, 1.807) is 11.3 Å². The van der Waals surface area contributed by atoms with E-state index >= 15 is 0 Å². The highest BCUT2D eigenvalue weighted by atomic mass is 32.1. The van der Waals surface area contributed by atoms with Crippen molar-refractivity contribution in [1.29, 1.82) is 0 Å². The molecule has 1 atom stereocenters. The van der Waals surface area contributed by atoms with Gasteiger partial charge in [-0.25, -0.2) is 0 Å². The molecular weight excluding hydrogens is 192 g/mol. The quantitative estimate of drug-likeness (QED) is 0.829. The molecule has 0 aliphatic heterocycles. The number of aromatic nitrogens is 1. The molecule has 0 spiro atoms. The lowest BCUT2D eigenvalue weighted by Gasteiger charge is -2.30. The zero-order chi connectivity index (χ0) is 10.6. The van der Waals surface area contributed by atoms with Crippen LogP contribution < -0.4 is 5.32 Å². The molecule has 3 heteroatoms. The Morgan fingerprint density at radius 2 is 2.21 bits per heavy atom. The highest BCUT2D eigenvalue weighted by Crippen LogP contribution is 2.22. The predicted octanol–water partition coefficient (Wildman–Crippen LogP) is 3.06. The maximum Gasteiger partial charge on any atom is 0.0794 e. The first-order chi connectivity index (χ1) is 6.54. The van der Waals surface area contributed by atoms with Crippen molar-refractivity contribution in [2.24, 2.45) is 5.41 Å². The molecule has 0 radical (unpaired) electrons. The number of nitrogens with zero attached hydrogens (tertiary/aromatic N) is 1. The van der Waals surface area contributed by atoms with E-state index in [0.717, 1.165) is 6.54 Å². The molecular formula is C11H20N2S. The maximum absolute atomic E-state index is 4.07. The van der Waals surface area contributed by atoms with Gasteiger partial charge < -0.3 is 5.32 Å². The van der Waals surface area contributed by atoms with Crippen molar-refractivity contribution >= 4 is 11.3 Å². The molecule has 0 saturated carbocycles. The summed E-state index contributed by atoms with van der Waals surface area (Å²) in [6, 6.07) is 0.574. The summed E-state index contributed by atoms with van der Waals surface area (Å²) in [6.45, 7) is 10.0. The topological polar surface area (TPSA) is 24.9 Å². The van der Waals surface area contributed by atoms with Crippen molar-refractivity contribution in [1.82, 2.24) is 10.3 Å². The van der Waals surface area contributed by atoms with Crippen LogP contribution in [0.2, 0.25) is 0 Å². The molecule has 1 unspecified atom stereocenters. The number of rotatable bonds is 4. The van der Waals surface area contributed by atoms with Gasteiger partial charge in [-0.1, -0.05) is 27.7 Å². The average Bonchev–Trinajstić information content (AvgIpc) is 2.55. The molecule has 0 bridgehead atoms. The number of nitrogens with one attached hydrogen (secondary N) is 1. The molecule has 1 aromatic heterocycles. The van der Waals surface area contributed by atoms with Crippen LogP contribution in [-0.2, 0) is 6.54 Å². The highest BCUT2D eigenvalue weighted by molar-refractivity contribution is 7.09. The minimum absolute atomic E-state index is 0.333. The fourth-order valence-corrected chi connectivity index (χ4v) is 2.16. The molecule has 0 saturated heterocycles. The second-order valence-corrected chi connectivity index (χ2v) is 5.65. The molecule has 1 aromatic rings. The van der Waals surface area contributed by atoms with Crippen LogP contribution >= 0.6 is 11.3 Å². The van der Waals surface area contributed by atoms with E-state index in [-0.39, 0.29) is 0 Å². The zero-order valence-electron chi connectivity index (χ0n) is 9.50. The summed E-state index contributed by atoms with van der Waals surface area (Å²) in [6.07, 6.45) is 3.11. The summed E-state index contributed by atoms with van der Waals surface area (Å²) in [5.41, 5.74) is 2.22. The molecule has 2 nitrogen and oxygen atoms in total. The lowest BCUT2D eigenvalue weighted by molar-refractivity contribution is 0.260. The van der Waals surface area contributed by atoms with Gasteiger partial charge in [-0.3, -0.25) is 4.98 Å². The molecule has 0 amide bonds. The summed E-state index contributed by atoms with van der Waals surface area (Å²) >= 11 is 1.71. The Morgan fingerprint density at radius 1 is 1.50 bits per heavy atom. The van der Waals surface area contributed by atoms with Crippen molar-refractivity contribution < 1.29 is 0 Å². The van der Waals surface area contributed by atoms with Crippen LogP contribution in [0.5, 0.6) is 0 Å². The van der Waals surface area contributed by atoms with Gasteiger partial charge in [-0.05, 0) is 11.8 Å². The van der Waals surface area contributed by atoms with Crippen molar-refractivity contribution in [3.63, 3.8) is 0 Å². The molecule has 1 rings (SSSR count). The fraction of sp³-hybridized carbons (Fsp3) is 0.727. The molecule has 0 fully saturated rings. The van der Waals surface area contributed by atoms with E-state index < -0.39 is 0 Å². The molecule has 1 N–H and O–H groups in total. The molecule has 0 aliphatic carbocycles. The first kappa shape index (κ1) is 11.7. The normalized spacial score (nSPS) is 14.3.